The van der Waals surface area contributed by atoms with Crippen molar-refractivity contribution in [3.05, 3.63) is 0 Å². The van der Waals surface area contributed by atoms with Crippen LogP contribution in [-0.2, 0) is 4.79 Å². The predicted octanol–water partition coefficient (Wildman–Crippen LogP) is 3.05. The molecule has 5 N–H and O–H groups in total. The van der Waals surface area contributed by atoms with Gasteiger partial charge in [0, 0.05) is 6.54 Å². The zero-order chi connectivity index (χ0) is 17.3. The number of nitrogens with one attached hydrogen (secondary N) is 1. The van der Waals surface area contributed by atoms with Crippen LogP contribution in [0, 0.1) is 0 Å². The van der Waals surface area contributed by atoms with E-state index in [1.54, 1.807) is 0 Å². The van der Waals surface area contributed by atoms with Gasteiger partial charge in [0.2, 0.25) is 0 Å². The first-order chi connectivity index (χ1) is 11.1. The molecule has 0 amide bonds. The van der Waals surface area contributed by atoms with Gasteiger partial charge in [0.05, 0.1) is 6.10 Å². The van der Waals surface area contributed by atoms with Crippen molar-refractivity contribution in [3.63, 3.8) is 0 Å². The molecule has 0 bridgehead atoms. The molecule has 0 radical (unpaired) electrons. The van der Waals surface area contributed by atoms with Crippen LogP contribution in [0.15, 0.2) is 0 Å². The van der Waals surface area contributed by atoms with E-state index in [2.05, 4.69) is 12.2 Å². The largest absolute Gasteiger partial charge is 0.480 e. The fourth-order valence-electron chi connectivity index (χ4n) is 2.70. The fourth-order valence-corrected chi connectivity index (χ4v) is 2.70. The zero-order valence-electron chi connectivity index (χ0n) is 14.9. The van der Waals surface area contributed by atoms with E-state index < -0.39 is 18.1 Å². The van der Waals surface area contributed by atoms with Gasteiger partial charge in [0.15, 0.2) is 0 Å². The van der Waals surface area contributed by atoms with E-state index in [0.717, 1.165) is 32.1 Å². The van der Waals surface area contributed by atoms with Gasteiger partial charge in [-0.2, -0.15) is 0 Å². The Balaban J connectivity index is 3.59. The van der Waals surface area contributed by atoms with Crippen LogP contribution in [0.25, 0.3) is 0 Å². The van der Waals surface area contributed by atoms with Crippen LogP contribution in [0.5, 0.6) is 0 Å². The highest BCUT2D eigenvalue weighted by molar-refractivity contribution is 5.73. The average Bonchev–Trinajstić information content (AvgIpc) is 2.53. The van der Waals surface area contributed by atoms with E-state index in [-0.39, 0.29) is 0 Å². The van der Waals surface area contributed by atoms with Crippen LogP contribution in [0.2, 0.25) is 0 Å². The fraction of sp³-hybridized carbons (Fsp3) is 0.944. The monoisotopic (exact) mass is 330 g/mol. The molecule has 23 heavy (non-hydrogen) atoms. The third kappa shape index (κ3) is 14.7. The van der Waals surface area contributed by atoms with Gasteiger partial charge in [-0.15, -0.1) is 0 Å². The third-order valence-electron chi connectivity index (χ3n) is 4.24. The first-order valence-corrected chi connectivity index (χ1v) is 9.46. The molecule has 0 aromatic rings. The topological polar surface area (TPSA) is 95.6 Å². The highest BCUT2D eigenvalue weighted by Gasteiger charge is 2.17. The van der Waals surface area contributed by atoms with Gasteiger partial charge in [0.1, 0.15) is 6.04 Å². The van der Waals surface area contributed by atoms with Gasteiger partial charge < -0.3 is 21.3 Å². The number of carboxylic acid groups (broad SMARTS) is 1. The molecule has 0 aromatic heterocycles. The van der Waals surface area contributed by atoms with Crippen molar-refractivity contribution in [2.45, 2.75) is 96.1 Å². The van der Waals surface area contributed by atoms with Crippen molar-refractivity contribution in [2.24, 2.45) is 5.73 Å². The zero-order valence-corrected chi connectivity index (χ0v) is 14.9. The summed E-state index contributed by atoms with van der Waals surface area (Å²) in [5.74, 6) is -0.846. The van der Waals surface area contributed by atoms with Crippen LogP contribution in [0.3, 0.4) is 0 Å². The van der Waals surface area contributed by atoms with E-state index in [1.165, 1.54) is 38.5 Å². The summed E-state index contributed by atoms with van der Waals surface area (Å²) in [5, 5.41) is 22.1. The van der Waals surface area contributed by atoms with Crippen molar-refractivity contribution in [1.29, 1.82) is 0 Å². The quantitative estimate of drug-likeness (QED) is 0.307. The molecule has 0 saturated heterocycles. The van der Waals surface area contributed by atoms with E-state index >= 15 is 0 Å². The minimum atomic E-state index is -0.846. The molecule has 0 fully saturated rings. The van der Waals surface area contributed by atoms with E-state index in [0.29, 0.717) is 19.5 Å². The molecule has 0 heterocycles. The second-order valence-electron chi connectivity index (χ2n) is 6.50. The summed E-state index contributed by atoms with van der Waals surface area (Å²) in [6.07, 6.45) is 12.5. The molecule has 0 aliphatic rings. The Labute approximate surface area is 142 Å². The summed E-state index contributed by atoms with van der Waals surface area (Å²) in [7, 11) is 0. The number of nitrogens with two attached hydrogens (primary N) is 1. The lowest BCUT2D eigenvalue weighted by Gasteiger charge is -2.17. The van der Waals surface area contributed by atoms with Gasteiger partial charge in [0.25, 0.3) is 0 Å². The Kier molecular flexibility index (Phi) is 15.8. The van der Waals surface area contributed by atoms with Gasteiger partial charge in [-0.3, -0.25) is 4.79 Å². The molecule has 2 atom stereocenters. The van der Waals surface area contributed by atoms with Crippen molar-refractivity contribution in [3.8, 4) is 0 Å². The Morgan fingerprint density at radius 3 is 2.09 bits per heavy atom. The molecule has 5 heteroatoms. The number of hydrogen-bond donors (Lipinski definition) is 4. The first-order valence-electron chi connectivity index (χ1n) is 9.46. The molecule has 0 aromatic carbocycles. The van der Waals surface area contributed by atoms with Crippen LogP contribution < -0.4 is 11.1 Å². The summed E-state index contributed by atoms with van der Waals surface area (Å²) in [5.41, 5.74) is 5.42. The predicted molar refractivity (Wildman–Crippen MR) is 95.6 cm³/mol. The SMILES string of the molecule is CCCCCCCCCCC(O)CN[C@@H](CCCCN)C(=O)O. The second kappa shape index (κ2) is 16.2. The molecule has 0 aliphatic carbocycles. The van der Waals surface area contributed by atoms with Gasteiger partial charge in [-0.25, -0.2) is 0 Å². The van der Waals surface area contributed by atoms with Crippen LogP contribution in [0.1, 0.15) is 84.0 Å². The molecule has 1 unspecified atom stereocenters. The summed E-state index contributed by atoms with van der Waals surface area (Å²) in [4.78, 5) is 11.1. The van der Waals surface area contributed by atoms with Crippen molar-refractivity contribution < 1.29 is 15.0 Å². The number of aliphatic carboxylic acids is 1. The van der Waals surface area contributed by atoms with Crippen LogP contribution >= 0.6 is 0 Å². The number of carboxylic acids is 1. The molecule has 5 nitrogen and oxygen atoms in total. The minimum Gasteiger partial charge on any atom is -0.480 e. The normalized spacial score (nSPS) is 13.9. The van der Waals surface area contributed by atoms with E-state index in [1.807, 2.05) is 0 Å². The smallest absolute Gasteiger partial charge is 0.320 e. The second-order valence-corrected chi connectivity index (χ2v) is 6.50. The molecule has 0 rings (SSSR count). The molecule has 0 saturated carbocycles. The lowest BCUT2D eigenvalue weighted by atomic mass is 10.1. The highest BCUT2D eigenvalue weighted by atomic mass is 16.4. The number of aliphatic hydroxyl groups excluding tert-OH is 1. The van der Waals surface area contributed by atoms with Gasteiger partial charge in [-0.05, 0) is 25.8 Å². The van der Waals surface area contributed by atoms with Crippen molar-refractivity contribution in [1.82, 2.24) is 5.32 Å². The Morgan fingerprint density at radius 1 is 0.957 bits per heavy atom. The number of carbonyl (C=O) groups is 1. The molecule has 138 valence electrons. The number of aliphatic hydroxyl groups is 1. The summed E-state index contributed by atoms with van der Waals surface area (Å²) in [6, 6.07) is -0.574. The minimum absolute atomic E-state index is 0.357. The van der Waals surface area contributed by atoms with Crippen LogP contribution in [-0.4, -0.2) is 41.4 Å². The van der Waals surface area contributed by atoms with Gasteiger partial charge >= 0.3 is 5.97 Å². The summed E-state index contributed by atoms with van der Waals surface area (Å²) >= 11 is 0. The number of hydrogen-bond acceptors (Lipinski definition) is 4. The standard InChI is InChI=1S/C18H38N2O3/c1-2-3-4-5-6-7-8-9-12-16(21)15-20-17(18(22)23)13-10-11-14-19/h16-17,20-21H,2-15,19H2,1H3,(H,22,23)/t16?,17-/m0/s1. The highest BCUT2D eigenvalue weighted by Crippen LogP contribution is 2.10. The molecule has 0 aliphatic heterocycles. The molecule has 0 spiro atoms. The van der Waals surface area contributed by atoms with Crippen molar-refractivity contribution in [2.75, 3.05) is 13.1 Å². The van der Waals surface area contributed by atoms with E-state index in [9.17, 15) is 9.90 Å². The maximum absolute atomic E-state index is 11.1. The van der Waals surface area contributed by atoms with E-state index in [4.69, 9.17) is 10.8 Å². The molecular weight excluding hydrogens is 292 g/mol. The maximum atomic E-state index is 11.1. The third-order valence-corrected chi connectivity index (χ3v) is 4.24. The summed E-state index contributed by atoms with van der Waals surface area (Å²) in [6.45, 7) is 3.17. The molecular formula is C18H38N2O3. The number of rotatable bonds is 17. The maximum Gasteiger partial charge on any atom is 0.320 e. The summed E-state index contributed by atoms with van der Waals surface area (Å²) < 4.78 is 0. The van der Waals surface area contributed by atoms with Crippen molar-refractivity contribution >= 4 is 5.97 Å². The average molecular weight is 331 g/mol. The number of unbranched alkanes of at least 4 members (excludes halogenated alkanes) is 8. The Morgan fingerprint density at radius 2 is 1.52 bits per heavy atom. The Hall–Kier alpha value is -0.650. The Bertz CT molecular complexity index is 275. The van der Waals surface area contributed by atoms with Crippen LogP contribution in [0.4, 0.5) is 0 Å². The first kappa shape index (κ1) is 22.4. The lowest BCUT2D eigenvalue weighted by Crippen LogP contribution is -2.41. The van der Waals surface area contributed by atoms with Gasteiger partial charge in [-0.1, -0.05) is 64.7 Å². The lowest BCUT2D eigenvalue weighted by molar-refractivity contribution is -0.139.